The highest BCUT2D eigenvalue weighted by Gasteiger charge is 2.11. The van der Waals surface area contributed by atoms with Crippen molar-refractivity contribution in [2.45, 2.75) is 13.3 Å². The van der Waals surface area contributed by atoms with Crippen LogP contribution in [0.5, 0.6) is 5.75 Å². The van der Waals surface area contributed by atoms with Crippen LogP contribution in [-0.2, 0) is 9.59 Å². The molecule has 31 heavy (non-hydrogen) atoms. The quantitative estimate of drug-likeness (QED) is 0.502. The van der Waals surface area contributed by atoms with E-state index in [1.54, 1.807) is 67.8 Å². The van der Waals surface area contributed by atoms with E-state index in [2.05, 4.69) is 16.0 Å². The first-order valence-electron chi connectivity index (χ1n) is 9.65. The number of nitrogens with one attached hydrogen (secondary N) is 3. The molecule has 0 saturated heterocycles. The third kappa shape index (κ3) is 6.43. The second-order valence-corrected chi connectivity index (χ2v) is 6.91. The molecule has 0 aliphatic rings. The van der Waals surface area contributed by atoms with Gasteiger partial charge in [-0.1, -0.05) is 23.8 Å². The van der Waals surface area contributed by atoms with Gasteiger partial charge in [0.05, 0.1) is 7.11 Å². The standard InChI is InChI=1S/C24H23N3O4/c1-16-5-3-6-17(13-16)24(30)27-20-8-4-7-19(14-20)26-23(29)15-22(28)25-18-9-11-21(31-2)12-10-18/h3-14H,15H2,1-2H3,(H,25,28)(H,26,29)(H,27,30). The molecule has 0 spiro atoms. The summed E-state index contributed by atoms with van der Waals surface area (Å²) in [6, 6.07) is 20.8. The highest BCUT2D eigenvalue weighted by molar-refractivity contribution is 6.08. The van der Waals surface area contributed by atoms with E-state index < -0.39 is 11.8 Å². The Morgan fingerprint density at radius 1 is 0.742 bits per heavy atom. The number of amides is 3. The lowest BCUT2D eigenvalue weighted by atomic mass is 10.1. The van der Waals surface area contributed by atoms with Crippen LogP contribution in [0.25, 0.3) is 0 Å². The van der Waals surface area contributed by atoms with Gasteiger partial charge in [-0.3, -0.25) is 14.4 Å². The van der Waals surface area contributed by atoms with Crippen molar-refractivity contribution in [2.24, 2.45) is 0 Å². The zero-order valence-corrected chi connectivity index (χ0v) is 17.3. The molecule has 0 aliphatic heterocycles. The summed E-state index contributed by atoms with van der Waals surface area (Å²) in [5, 5.41) is 8.13. The fourth-order valence-electron chi connectivity index (χ4n) is 2.89. The van der Waals surface area contributed by atoms with Gasteiger partial charge in [-0.25, -0.2) is 0 Å². The second kappa shape index (κ2) is 10.1. The number of ether oxygens (including phenoxy) is 1. The van der Waals surface area contributed by atoms with Crippen LogP contribution in [0.1, 0.15) is 22.3 Å². The van der Waals surface area contributed by atoms with E-state index in [9.17, 15) is 14.4 Å². The van der Waals surface area contributed by atoms with Crippen molar-refractivity contribution in [3.05, 3.63) is 83.9 Å². The number of rotatable bonds is 7. The molecule has 7 heteroatoms. The molecule has 0 fully saturated rings. The molecule has 0 radical (unpaired) electrons. The van der Waals surface area contributed by atoms with Crippen molar-refractivity contribution in [3.8, 4) is 5.75 Å². The molecule has 3 aromatic rings. The van der Waals surface area contributed by atoms with Crippen LogP contribution in [-0.4, -0.2) is 24.8 Å². The Morgan fingerprint density at radius 3 is 2.00 bits per heavy atom. The van der Waals surface area contributed by atoms with Crippen molar-refractivity contribution < 1.29 is 19.1 Å². The maximum Gasteiger partial charge on any atom is 0.255 e. The summed E-state index contributed by atoms with van der Waals surface area (Å²) in [7, 11) is 1.56. The molecule has 158 valence electrons. The Bertz CT molecular complexity index is 1090. The maximum absolute atomic E-state index is 12.4. The van der Waals surface area contributed by atoms with Crippen LogP contribution in [0.4, 0.5) is 17.1 Å². The van der Waals surface area contributed by atoms with Crippen molar-refractivity contribution in [1.29, 1.82) is 0 Å². The van der Waals surface area contributed by atoms with Gasteiger partial charge < -0.3 is 20.7 Å². The van der Waals surface area contributed by atoms with Crippen LogP contribution in [0.2, 0.25) is 0 Å². The molecule has 3 amide bonds. The summed E-state index contributed by atoms with van der Waals surface area (Å²) in [6.07, 6.45) is -0.341. The molecule has 3 N–H and O–H groups in total. The summed E-state index contributed by atoms with van der Waals surface area (Å²) >= 11 is 0. The highest BCUT2D eigenvalue weighted by Crippen LogP contribution is 2.18. The zero-order valence-electron chi connectivity index (χ0n) is 17.3. The van der Waals surface area contributed by atoms with E-state index in [0.29, 0.717) is 28.4 Å². The maximum atomic E-state index is 12.4. The average Bonchev–Trinajstić information content (AvgIpc) is 2.74. The van der Waals surface area contributed by atoms with E-state index in [0.717, 1.165) is 5.56 Å². The van der Waals surface area contributed by atoms with Crippen molar-refractivity contribution in [1.82, 2.24) is 0 Å². The summed E-state index contributed by atoms with van der Waals surface area (Å²) in [5.74, 6) is -0.476. The molecule has 0 heterocycles. The predicted octanol–water partition coefficient (Wildman–Crippen LogP) is 4.22. The van der Waals surface area contributed by atoms with Crippen LogP contribution in [0.3, 0.4) is 0 Å². The molecule has 0 aliphatic carbocycles. The molecule has 0 unspecified atom stereocenters. The van der Waals surface area contributed by atoms with Gasteiger partial charge in [0.15, 0.2) is 0 Å². The number of hydrogen-bond acceptors (Lipinski definition) is 4. The minimum Gasteiger partial charge on any atom is -0.497 e. The molecule has 3 aromatic carbocycles. The van der Waals surface area contributed by atoms with Gasteiger partial charge in [0.25, 0.3) is 5.91 Å². The summed E-state index contributed by atoms with van der Waals surface area (Å²) in [4.78, 5) is 36.7. The topological polar surface area (TPSA) is 96.5 Å². The highest BCUT2D eigenvalue weighted by atomic mass is 16.5. The van der Waals surface area contributed by atoms with Crippen LogP contribution >= 0.6 is 0 Å². The summed E-state index contributed by atoms with van der Waals surface area (Å²) in [5.41, 5.74) is 3.11. The second-order valence-electron chi connectivity index (χ2n) is 6.91. The molecule has 3 rings (SSSR count). The normalized spacial score (nSPS) is 10.1. The first-order chi connectivity index (χ1) is 14.9. The molecule has 7 nitrogen and oxygen atoms in total. The van der Waals surface area contributed by atoms with E-state index >= 15 is 0 Å². The number of methoxy groups -OCH3 is 1. The van der Waals surface area contributed by atoms with E-state index in [-0.39, 0.29) is 12.3 Å². The average molecular weight is 417 g/mol. The van der Waals surface area contributed by atoms with Gasteiger partial charge in [-0.05, 0) is 61.5 Å². The lowest BCUT2D eigenvalue weighted by Crippen LogP contribution is -2.21. The summed E-state index contributed by atoms with van der Waals surface area (Å²) < 4.78 is 5.07. The van der Waals surface area contributed by atoms with E-state index in [1.165, 1.54) is 0 Å². The fourth-order valence-corrected chi connectivity index (χ4v) is 2.89. The monoisotopic (exact) mass is 417 g/mol. The smallest absolute Gasteiger partial charge is 0.255 e. The first-order valence-corrected chi connectivity index (χ1v) is 9.65. The van der Waals surface area contributed by atoms with Gasteiger partial charge in [0, 0.05) is 22.6 Å². The Kier molecular flexibility index (Phi) is 7.01. The van der Waals surface area contributed by atoms with Crippen LogP contribution in [0.15, 0.2) is 72.8 Å². The minimum absolute atomic E-state index is 0.244. The number of aryl methyl sites for hydroxylation is 1. The molecular weight excluding hydrogens is 394 g/mol. The Morgan fingerprint density at radius 2 is 1.35 bits per heavy atom. The Balaban J connectivity index is 1.55. The van der Waals surface area contributed by atoms with E-state index in [1.807, 2.05) is 19.1 Å². The van der Waals surface area contributed by atoms with Gasteiger partial charge in [-0.15, -0.1) is 0 Å². The first kappa shape index (κ1) is 21.6. The van der Waals surface area contributed by atoms with E-state index in [4.69, 9.17) is 4.74 Å². The SMILES string of the molecule is COc1ccc(NC(=O)CC(=O)Nc2cccc(NC(=O)c3cccc(C)c3)c2)cc1. The molecule has 0 atom stereocenters. The third-order valence-electron chi connectivity index (χ3n) is 4.38. The largest absolute Gasteiger partial charge is 0.497 e. The third-order valence-corrected chi connectivity index (χ3v) is 4.38. The molecule has 0 bridgehead atoms. The lowest BCUT2D eigenvalue weighted by Gasteiger charge is -2.10. The minimum atomic E-state index is -0.465. The number of anilines is 3. The van der Waals surface area contributed by atoms with Gasteiger partial charge in [-0.2, -0.15) is 0 Å². The Hall–Kier alpha value is -4.13. The van der Waals surface area contributed by atoms with Crippen molar-refractivity contribution in [2.75, 3.05) is 23.1 Å². The molecule has 0 aromatic heterocycles. The predicted molar refractivity (Wildman–Crippen MR) is 120 cm³/mol. The van der Waals surface area contributed by atoms with Crippen molar-refractivity contribution >= 4 is 34.8 Å². The fraction of sp³-hybridized carbons (Fsp3) is 0.125. The number of benzene rings is 3. The van der Waals surface area contributed by atoms with Gasteiger partial charge in [0.1, 0.15) is 12.2 Å². The Labute approximate surface area is 180 Å². The van der Waals surface area contributed by atoms with Gasteiger partial charge in [0.2, 0.25) is 11.8 Å². The number of carbonyl (C=O) groups excluding carboxylic acids is 3. The number of hydrogen-bond donors (Lipinski definition) is 3. The van der Waals surface area contributed by atoms with Gasteiger partial charge >= 0.3 is 0 Å². The zero-order chi connectivity index (χ0) is 22.2. The summed E-state index contributed by atoms with van der Waals surface area (Å²) in [6.45, 7) is 1.91. The van der Waals surface area contributed by atoms with Crippen LogP contribution in [0, 0.1) is 6.92 Å². The molecule has 0 saturated carbocycles. The van der Waals surface area contributed by atoms with Crippen LogP contribution < -0.4 is 20.7 Å². The van der Waals surface area contributed by atoms with Crippen molar-refractivity contribution in [3.63, 3.8) is 0 Å². The molecular formula is C24H23N3O4. The number of carbonyl (C=O) groups is 3. The lowest BCUT2D eigenvalue weighted by molar-refractivity contribution is -0.123.